The van der Waals surface area contributed by atoms with E-state index in [0.717, 1.165) is 0 Å². The zero-order valence-electron chi connectivity index (χ0n) is 10.1. The summed E-state index contributed by atoms with van der Waals surface area (Å²) in [5, 5.41) is 0. The molecule has 6 heteroatoms. The number of rotatable bonds is 5. The Bertz CT molecular complexity index is 409. The topological polar surface area (TPSA) is 35.2 Å². The lowest BCUT2D eigenvalue weighted by atomic mass is 9.98. The second-order valence-corrected chi connectivity index (χ2v) is 3.93. The molecule has 0 fully saturated rings. The van der Waals surface area contributed by atoms with Gasteiger partial charge in [-0.15, -0.1) is 0 Å². The fraction of sp³-hybridized carbons (Fsp3) is 0.500. The summed E-state index contributed by atoms with van der Waals surface area (Å²) in [5.74, 6) is -4.18. The van der Waals surface area contributed by atoms with Gasteiger partial charge in [0.2, 0.25) is 0 Å². The minimum Gasteiger partial charge on any atom is -0.494 e. The SMILES string of the molecule is CCOc1ccc(C)cc1C(N)C(F)(F)C(F)F. The summed E-state index contributed by atoms with van der Waals surface area (Å²) in [6, 6.07) is 2.34. The van der Waals surface area contributed by atoms with Crippen molar-refractivity contribution in [1.82, 2.24) is 0 Å². The van der Waals surface area contributed by atoms with Crippen LogP contribution in [-0.2, 0) is 0 Å². The lowest BCUT2D eigenvalue weighted by Crippen LogP contribution is -2.39. The van der Waals surface area contributed by atoms with E-state index in [1.54, 1.807) is 19.9 Å². The Kier molecular flexibility index (Phi) is 4.56. The van der Waals surface area contributed by atoms with Crippen LogP contribution in [0.5, 0.6) is 5.75 Å². The van der Waals surface area contributed by atoms with Crippen molar-refractivity contribution in [3.8, 4) is 5.75 Å². The highest BCUT2D eigenvalue weighted by molar-refractivity contribution is 5.40. The molecule has 102 valence electrons. The third-order valence-corrected chi connectivity index (χ3v) is 2.51. The molecule has 0 radical (unpaired) electrons. The molecule has 0 aromatic heterocycles. The monoisotopic (exact) mass is 265 g/mol. The third kappa shape index (κ3) is 2.93. The molecule has 0 aliphatic heterocycles. The second-order valence-electron chi connectivity index (χ2n) is 3.93. The molecule has 1 aromatic rings. The van der Waals surface area contributed by atoms with Crippen molar-refractivity contribution in [3.63, 3.8) is 0 Å². The quantitative estimate of drug-likeness (QED) is 0.829. The molecule has 0 saturated carbocycles. The first-order chi connectivity index (χ1) is 8.30. The molecule has 0 heterocycles. The van der Waals surface area contributed by atoms with E-state index in [0.29, 0.717) is 5.56 Å². The number of alkyl halides is 4. The zero-order valence-corrected chi connectivity index (χ0v) is 10.1. The maximum atomic E-state index is 13.2. The van der Waals surface area contributed by atoms with Gasteiger partial charge >= 0.3 is 12.3 Å². The van der Waals surface area contributed by atoms with Gasteiger partial charge in [0, 0.05) is 5.56 Å². The molecule has 1 aromatic carbocycles. The predicted octanol–water partition coefficient (Wildman–Crippen LogP) is 3.29. The van der Waals surface area contributed by atoms with E-state index >= 15 is 0 Å². The Balaban J connectivity index is 3.18. The Hall–Kier alpha value is -1.30. The summed E-state index contributed by atoms with van der Waals surface area (Å²) in [5.41, 5.74) is 5.80. The predicted molar refractivity (Wildman–Crippen MR) is 60.2 cm³/mol. The van der Waals surface area contributed by atoms with E-state index in [1.165, 1.54) is 12.1 Å². The van der Waals surface area contributed by atoms with Crippen LogP contribution in [0.25, 0.3) is 0 Å². The number of hydrogen-bond donors (Lipinski definition) is 1. The first-order valence-electron chi connectivity index (χ1n) is 5.45. The number of hydrogen-bond acceptors (Lipinski definition) is 2. The summed E-state index contributed by atoms with van der Waals surface area (Å²) >= 11 is 0. The zero-order chi connectivity index (χ0) is 13.9. The molecule has 1 atom stereocenters. The molecule has 0 bridgehead atoms. The molecular formula is C12H15F4NO. The Morgan fingerprint density at radius 1 is 1.33 bits per heavy atom. The van der Waals surface area contributed by atoms with E-state index < -0.39 is 18.4 Å². The van der Waals surface area contributed by atoms with E-state index in [9.17, 15) is 17.6 Å². The highest BCUT2D eigenvalue weighted by atomic mass is 19.3. The van der Waals surface area contributed by atoms with Gasteiger partial charge in [0.25, 0.3) is 0 Å². The number of aryl methyl sites for hydroxylation is 1. The van der Waals surface area contributed by atoms with Gasteiger partial charge in [-0.05, 0) is 19.9 Å². The molecule has 18 heavy (non-hydrogen) atoms. The molecule has 0 spiro atoms. The number of halogens is 4. The maximum absolute atomic E-state index is 13.2. The van der Waals surface area contributed by atoms with Gasteiger partial charge in [-0.25, -0.2) is 8.78 Å². The Labute approximate surface area is 103 Å². The molecule has 0 aliphatic rings. The minimum absolute atomic E-state index is 0.107. The average Bonchev–Trinajstić information content (AvgIpc) is 2.30. The van der Waals surface area contributed by atoms with Gasteiger partial charge in [-0.1, -0.05) is 17.7 Å². The van der Waals surface area contributed by atoms with Crippen LogP contribution in [-0.4, -0.2) is 19.0 Å². The van der Waals surface area contributed by atoms with Gasteiger partial charge in [0.1, 0.15) is 11.8 Å². The van der Waals surface area contributed by atoms with Gasteiger partial charge in [0.05, 0.1) is 6.61 Å². The lowest BCUT2D eigenvalue weighted by Gasteiger charge is -2.25. The highest BCUT2D eigenvalue weighted by Gasteiger charge is 2.48. The molecule has 0 saturated heterocycles. The minimum atomic E-state index is -4.29. The standard InChI is InChI=1S/C12H15F4NO/c1-3-18-9-5-4-7(2)6-8(9)10(17)12(15,16)11(13)14/h4-6,10-11H,3,17H2,1-2H3. The summed E-state index contributed by atoms with van der Waals surface area (Å²) in [6.07, 6.45) is -3.82. The fourth-order valence-corrected chi connectivity index (χ4v) is 1.54. The molecule has 0 aliphatic carbocycles. The van der Waals surface area contributed by atoms with Crippen LogP contribution in [0.2, 0.25) is 0 Å². The first kappa shape index (κ1) is 14.8. The summed E-state index contributed by atoms with van der Waals surface area (Å²) in [7, 11) is 0. The largest absolute Gasteiger partial charge is 0.494 e. The number of benzene rings is 1. The molecule has 1 rings (SSSR count). The van der Waals surface area contributed by atoms with Crippen molar-refractivity contribution < 1.29 is 22.3 Å². The average molecular weight is 265 g/mol. The number of nitrogens with two attached hydrogens (primary N) is 1. The lowest BCUT2D eigenvalue weighted by molar-refractivity contribution is -0.144. The molecular weight excluding hydrogens is 250 g/mol. The van der Waals surface area contributed by atoms with Crippen molar-refractivity contribution in [2.24, 2.45) is 5.73 Å². The summed E-state index contributed by atoms with van der Waals surface area (Å²) < 4.78 is 56.2. The van der Waals surface area contributed by atoms with E-state index in [-0.39, 0.29) is 17.9 Å². The van der Waals surface area contributed by atoms with Crippen molar-refractivity contribution in [1.29, 1.82) is 0 Å². The number of ether oxygens (including phenoxy) is 1. The van der Waals surface area contributed by atoms with Crippen molar-refractivity contribution in [3.05, 3.63) is 29.3 Å². The summed E-state index contributed by atoms with van der Waals surface area (Å²) in [6.45, 7) is 3.57. The smallest absolute Gasteiger partial charge is 0.326 e. The van der Waals surface area contributed by atoms with Crippen LogP contribution in [0.4, 0.5) is 17.6 Å². The molecule has 2 nitrogen and oxygen atoms in total. The Morgan fingerprint density at radius 3 is 2.44 bits per heavy atom. The Morgan fingerprint density at radius 2 is 1.94 bits per heavy atom. The van der Waals surface area contributed by atoms with E-state index in [1.807, 2.05) is 0 Å². The normalized spacial score (nSPS) is 13.8. The third-order valence-electron chi connectivity index (χ3n) is 2.51. The van der Waals surface area contributed by atoms with Crippen LogP contribution < -0.4 is 10.5 Å². The van der Waals surface area contributed by atoms with E-state index in [4.69, 9.17) is 10.5 Å². The molecule has 1 unspecified atom stereocenters. The second kappa shape index (κ2) is 5.56. The van der Waals surface area contributed by atoms with Crippen molar-refractivity contribution in [2.75, 3.05) is 6.61 Å². The summed E-state index contributed by atoms with van der Waals surface area (Å²) in [4.78, 5) is 0. The van der Waals surface area contributed by atoms with Crippen LogP contribution >= 0.6 is 0 Å². The van der Waals surface area contributed by atoms with Crippen molar-refractivity contribution in [2.45, 2.75) is 32.2 Å². The van der Waals surface area contributed by atoms with Gasteiger partial charge < -0.3 is 10.5 Å². The van der Waals surface area contributed by atoms with Gasteiger partial charge in [-0.2, -0.15) is 8.78 Å². The molecule has 0 amide bonds. The van der Waals surface area contributed by atoms with Gasteiger partial charge in [-0.3, -0.25) is 0 Å². The first-order valence-corrected chi connectivity index (χ1v) is 5.45. The van der Waals surface area contributed by atoms with Crippen LogP contribution in [0.1, 0.15) is 24.1 Å². The molecule has 2 N–H and O–H groups in total. The van der Waals surface area contributed by atoms with Gasteiger partial charge in [0.15, 0.2) is 0 Å². The van der Waals surface area contributed by atoms with Crippen LogP contribution in [0.15, 0.2) is 18.2 Å². The highest BCUT2D eigenvalue weighted by Crippen LogP contribution is 2.38. The van der Waals surface area contributed by atoms with Crippen molar-refractivity contribution >= 4 is 0 Å². The fourth-order valence-electron chi connectivity index (χ4n) is 1.54. The van der Waals surface area contributed by atoms with Crippen LogP contribution in [0.3, 0.4) is 0 Å². The maximum Gasteiger partial charge on any atom is 0.326 e. The van der Waals surface area contributed by atoms with Crippen LogP contribution in [0, 0.1) is 6.92 Å². The van der Waals surface area contributed by atoms with E-state index in [2.05, 4.69) is 0 Å².